The van der Waals surface area contributed by atoms with Gasteiger partial charge in [0.05, 0.1) is 6.61 Å². The summed E-state index contributed by atoms with van der Waals surface area (Å²) in [7, 11) is 0. The molecule has 0 aromatic rings. The normalized spacial score (nSPS) is 18.8. The summed E-state index contributed by atoms with van der Waals surface area (Å²) in [5.74, 6) is -3.20. The standard InChI is InChI=1S/C61H102O12/c1-4-7-10-13-16-19-22-25-27-30-32-35-38-41-44-47-53(62)69-50-52(71-54(63)48-45-42-39-36-33-29-24-21-18-15-12-9-6-3)51-70-61-59(57(66)56(65)58(73-61)60(67)68)72-55(64)49-46-43-40-37-34-31-28-26-23-20-17-14-11-8-5-2/h8,11,17,20-21,24-28,34,37,52,56-59,61,65-66H,4-7,9-10,12-16,18-19,22-23,29-33,35-36,38-51H2,1-3H3,(H,67,68)/b11-8-,20-17-,24-21-,27-25-,28-26-,37-34-. The van der Waals surface area contributed by atoms with Gasteiger partial charge in [-0.05, 0) is 109 Å². The highest BCUT2D eigenvalue weighted by Crippen LogP contribution is 2.26. The van der Waals surface area contributed by atoms with Crippen molar-refractivity contribution in [3.8, 4) is 0 Å². The summed E-state index contributed by atoms with van der Waals surface area (Å²) < 4.78 is 28.3. The fraction of sp³-hybridized carbons (Fsp3) is 0.738. The van der Waals surface area contributed by atoms with Crippen LogP contribution in [0.1, 0.15) is 239 Å². The van der Waals surface area contributed by atoms with Gasteiger partial charge in [-0.25, -0.2) is 4.79 Å². The van der Waals surface area contributed by atoms with E-state index in [0.29, 0.717) is 25.7 Å². The minimum absolute atomic E-state index is 0.00501. The molecule has 73 heavy (non-hydrogen) atoms. The number of hydrogen-bond donors (Lipinski definition) is 3. The Balaban J connectivity index is 2.74. The van der Waals surface area contributed by atoms with E-state index in [-0.39, 0.29) is 25.9 Å². The van der Waals surface area contributed by atoms with Crippen molar-refractivity contribution < 1.29 is 58.2 Å². The summed E-state index contributed by atoms with van der Waals surface area (Å²) in [4.78, 5) is 51.0. The van der Waals surface area contributed by atoms with Crippen LogP contribution in [0.2, 0.25) is 0 Å². The van der Waals surface area contributed by atoms with Crippen LogP contribution in [-0.4, -0.2) is 89.2 Å². The number of unbranched alkanes of at least 4 members (excludes halogenated alkanes) is 22. The average Bonchev–Trinajstić information content (AvgIpc) is 3.37. The van der Waals surface area contributed by atoms with Crippen molar-refractivity contribution in [2.75, 3.05) is 13.2 Å². The predicted molar refractivity (Wildman–Crippen MR) is 294 cm³/mol. The molecule has 1 rings (SSSR count). The first-order valence-electron chi connectivity index (χ1n) is 28.9. The van der Waals surface area contributed by atoms with Gasteiger partial charge in [-0.15, -0.1) is 0 Å². The Labute approximate surface area is 442 Å². The summed E-state index contributed by atoms with van der Waals surface area (Å²) in [6.07, 6.45) is 48.8. The molecule has 0 aromatic heterocycles. The molecule has 0 radical (unpaired) electrons. The Bertz CT molecular complexity index is 1550. The molecule has 6 atom stereocenters. The highest BCUT2D eigenvalue weighted by atomic mass is 16.7. The summed E-state index contributed by atoms with van der Waals surface area (Å²) >= 11 is 0. The first-order chi connectivity index (χ1) is 35.6. The van der Waals surface area contributed by atoms with Gasteiger partial charge < -0.3 is 39.0 Å². The molecule has 3 N–H and O–H groups in total. The lowest BCUT2D eigenvalue weighted by Crippen LogP contribution is -2.61. The molecule has 1 saturated heterocycles. The summed E-state index contributed by atoms with van der Waals surface area (Å²) in [5.41, 5.74) is 0. The quantitative estimate of drug-likeness (QED) is 0.0228. The maximum absolute atomic E-state index is 13.1. The van der Waals surface area contributed by atoms with E-state index in [1.165, 1.54) is 64.2 Å². The van der Waals surface area contributed by atoms with Crippen molar-refractivity contribution in [1.82, 2.24) is 0 Å². The van der Waals surface area contributed by atoms with Gasteiger partial charge in [-0.1, -0.05) is 184 Å². The maximum atomic E-state index is 13.1. The molecule has 6 unspecified atom stereocenters. The van der Waals surface area contributed by atoms with Gasteiger partial charge in [-0.3, -0.25) is 14.4 Å². The number of allylic oxidation sites excluding steroid dienone is 12. The summed E-state index contributed by atoms with van der Waals surface area (Å²) in [5, 5.41) is 31.4. The number of aliphatic carboxylic acids is 1. The molecule has 0 saturated carbocycles. The van der Waals surface area contributed by atoms with E-state index in [0.717, 1.165) is 109 Å². The SMILES string of the molecule is CC/C=C\C/C=C\C/C=C\C/C=C\CCCCC(=O)OC1C(OCC(COC(=O)CCCCCCC/C=C\CCCCCCCC)OC(=O)CCCCCCC/C=C\CCCCCC)OC(C(=O)O)C(O)C1O. The number of rotatable bonds is 48. The second-order valence-corrected chi connectivity index (χ2v) is 19.5. The average molecular weight is 1030 g/mol. The molecular weight excluding hydrogens is 925 g/mol. The first-order valence-corrected chi connectivity index (χ1v) is 28.9. The van der Waals surface area contributed by atoms with Crippen molar-refractivity contribution in [3.63, 3.8) is 0 Å². The van der Waals surface area contributed by atoms with E-state index in [9.17, 15) is 34.5 Å². The molecule has 12 nitrogen and oxygen atoms in total. The topological polar surface area (TPSA) is 175 Å². The number of aliphatic hydroxyl groups is 2. The Morgan fingerprint density at radius 3 is 1.37 bits per heavy atom. The molecule has 12 heteroatoms. The molecule has 1 fully saturated rings. The van der Waals surface area contributed by atoms with E-state index in [1.807, 2.05) is 0 Å². The number of ether oxygens (including phenoxy) is 5. The number of aliphatic hydroxyl groups excluding tert-OH is 2. The zero-order valence-corrected chi connectivity index (χ0v) is 45.9. The Morgan fingerprint density at radius 1 is 0.466 bits per heavy atom. The first kappa shape index (κ1) is 67.2. The molecule has 0 aliphatic carbocycles. The minimum Gasteiger partial charge on any atom is -0.479 e. The third-order valence-corrected chi connectivity index (χ3v) is 12.7. The van der Waals surface area contributed by atoms with Crippen LogP contribution >= 0.6 is 0 Å². The molecule has 0 bridgehead atoms. The van der Waals surface area contributed by atoms with E-state index in [2.05, 4.69) is 93.7 Å². The van der Waals surface area contributed by atoms with E-state index >= 15 is 0 Å². The van der Waals surface area contributed by atoms with Crippen LogP contribution in [-0.2, 0) is 42.9 Å². The van der Waals surface area contributed by atoms with Gasteiger partial charge in [0.1, 0.15) is 18.8 Å². The Hall–Kier alpha value is -3.84. The van der Waals surface area contributed by atoms with Crippen LogP contribution in [0, 0.1) is 0 Å². The second-order valence-electron chi connectivity index (χ2n) is 19.5. The number of carbonyl (C=O) groups excluding carboxylic acids is 3. The lowest BCUT2D eigenvalue weighted by atomic mass is 9.98. The molecule has 418 valence electrons. The maximum Gasteiger partial charge on any atom is 0.335 e. The van der Waals surface area contributed by atoms with Crippen molar-refractivity contribution in [2.24, 2.45) is 0 Å². The Morgan fingerprint density at radius 2 is 0.863 bits per heavy atom. The van der Waals surface area contributed by atoms with E-state index < -0.39 is 67.3 Å². The smallest absolute Gasteiger partial charge is 0.335 e. The fourth-order valence-corrected chi connectivity index (χ4v) is 8.29. The Kier molecular flexibility index (Phi) is 45.1. The van der Waals surface area contributed by atoms with Gasteiger partial charge in [0.2, 0.25) is 0 Å². The molecule has 1 aliphatic rings. The highest BCUT2D eigenvalue weighted by Gasteiger charge is 2.50. The molecule has 1 heterocycles. The van der Waals surface area contributed by atoms with Gasteiger partial charge in [0, 0.05) is 19.3 Å². The van der Waals surface area contributed by atoms with Crippen molar-refractivity contribution >= 4 is 23.9 Å². The summed E-state index contributed by atoms with van der Waals surface area (Å²) in [6, 6.07) is 0. The third-order valence-electron chi connectivity index (χ3n) is 12.7. The van der Waals surface area contributed by atoms with Crippen LogP contribution in [0.3, 0.4) is 0 Å². The fourth-order valence-electron chi connectivity index (χ4n) is 8.29. The molecule has 1 aliphatic heterocycles. The van der Waals surface area contributed by atoms with Crippen LogP contribution in [0.5, 0.6) is 0 Å². The third kappa shape index (κ3) is 39.3. The minimum atomic E-state index is -1.92. The molecule has 0 spiro atoms. The van der Waals surface area contributed by atoms with Crippen molar-refractivity contribution in [3.05, 3.63) is 72.9 Å². The number of carbonyl (C=O) groups is 4. The predicted octanol–water partition coefficient (Wildman–Crippen LogP) is 14.6. The lowest BCUT2D eigenvalue weighted by molar-refractivity contribution is -0.301. The molecular formula is C61H102O12. The number of esters is 3. The van der Waals surface area contributed by atoms with Gasteiger partial charge >= 0.3 is 23.9 Å². The number of carboxylic acid groups (broad SMARTS) is 1. The van der Waals surface area contributed by atoms with Gasteiger partial charge in [-0.2, -0.15) is 0 Å². The molecule has 0 amide bonds. The van der Waals surface area contributed by atoms with E-state index in [4.69, 9.17) is 23.7 Å². The highest BCUT2D eigenvalue weighted by molar-refractivity contribution is 5.74. The number of hydrogen-bond acceptors (Lipinski definition) is 11. The van der Waals surface area contributed by atoms with Gasteiger partial charge in [0.25, 0.3) is 0 Å². The van der Waals surface area contributed by atoms with Crippen LogP contribution in [0.25, 0.3) is 0 Å². The van der Waals surface area contributed by atoms with Crippen LogP contribution < -0.4 is 0 Å². The summed E-state index contributed by atoms with van der Waals surface area (Å²) in [6.45, 7) is 5.82. The zero-order valence-electron chi connectivity index (χ0n) is 45.9. The van der Waals surface area contributed by atoms with Gasteiger partial charge in [0.15, 0.2) is 24.6 Å². The van der Waals surface area contributed by atoms with Crippen molar-refractivity contribution in [2.45, 2.75) is 276 Å². The zero-order chi connectivity index (χ0) is 53.3. The second kappa shape index (κ2) is 49.1. The van der Waals surface area contributed by atoms with Crippen LogP contribution in [0.15, 0.2) is 72.9 Å². The van der Waals surface area contributed by atoms with Crippen molar-refractivity contribution in [1.29, 1.82) is 0 Å². The lowest BCUT2D eigenvalue weighted by Gasteiger charge is -2.40. The number of carboxylic acids is 1. The monoisotopic (exact) mass is 1030 g/mol. The van der Waals surface area contributed by atoms with E-state index in [1.54, 1.807) is 0 Å². The van der Waals surface area contributed by atoms with Crippen LogP contribution in [0.4, 0.5) is 0 Å². The molecule has 0 aromatic carbocycles. The largest absolute Gasteiger partial charge is 0.479 e.